The molecular formula is C11H14N2O4. The van der Waals surface area contributed by atoms with Gasteiger partial charge in [0.2, 0.25) is 0 Å². The number of aliphatic carboxylic acids is 2. The summed E-state index contributed by atoms with van der Waals surface area (Å²) in [7, 11) is 0. The van der Waals surface area contributed by atoms with Gasteiger partial charge in [-0.15, -0.1) is 0 Å². The molecule has 0 amide bonds. The first-order valence-electron chi connectivity index (χ1n) is 5.16. The second-order valence-electron chi connectivity index (χ2n) is 3.56. The van der Waals surface area contributed by atoms with Crippen molar-refractivity contribution < 1.29 is 19.8 Å². The molecule has 6 nitrogen and oxygen atoms in total. The van der Waals surface area contributed by atoms with Crippen LogP contribution in [0.3, 0.4) is 0 Å². The lowest BCUT2D eigenvalue weighted by atomic mass is 10.1. The highest BCUT2D eigenvalue weighted by atomic mass is 16.4. The topological polar surface area (TPSA) is 99.5 Å². The van der Waals surface area contributed by atoms with Crippen molar-refractivity contribution >= 4 is 11.9 Å². The highest BCUT2D eigenvalue weighted by Crippen LogP contribution is 2.01. The number of nitrogens with one attached hydrogen (secondary N) is 1. The SMILES string of the molecule is O=C(O)CC[C@H](NCc1ccncc1)C(=O)O. The van der Waals surface area contributed by atoms with Crippen LogP contribution in [-0.4, -0.2) is 33.2 Å². The zero-order valence-electron chi connectivity index (χ0n) is 9.17. The third kappa shape index (κ3) is 5.07. The van der Waals surface area contributed by atoms with E-state index in [2.05, 4.69) is 10.3 Å². The van der Waals surface area contributed by atoms with Crippen LogP contribution in [0, 0.1) is 0 Å². The molecule has 0 aliphatic rings. The van der Waals surface area contributed by atoms with Crippen LogP contribution in [-0.2, 0) is 16.1 Å². The summed E-state index contributed by atoms with van der Waals surface area (Å²) >= 11 is 0. The smallest absolute Gasteiger partial charge is 0.320 e. The second kappa shape index (κ2) is 6.59. The van der Waals surface area contributed by atoms with Crippen molar-refractivity contribution in [3.8, 4) is 0 Å². The Labute approximate surface area is 98.3 Å². The van der Waals surface area contributed by atoms with Crippen LogP contribution in [0.15, 0.2) is 24.5 Å². The van der Waals surface area contributed by atoms with Crippen molar-refractivity contribution in [2.24, 2.45) is 0 Å². The van der Waals surface area contributed by atoms with E-state index >= 15 is 0 Å². The van der Waals surface area contributed by atoms with Gasteiger partial charge in [-0.25, -0.2) is 0 Å². The Morgan fingerprint density at radius 3 is 2.47 bits per heavy atom. The molecular weight excluding hydrogens is 224 g/mol. The van der Waals surface area contributed by atoms with Gasteiger partial charge < -0.3 is 15.5 Å². The highest BCUT2D eigenvalue weighted by Gasteiger charge is 2.17. The number of carboxylic acid groups (broad SMARTS) is 2. The summed E-state index contributed by atoms with van der Waals surface area (Å²) in [5, 5.41) is 20.2. The fourth-order valence-electron chi connectivity index (χ4n) is 1.32. The van der Waals surface area contributed by atoms with E-state index in [9.17, 15) is 9.59 Å². The minimum Gasteiger partial charge on any atom is -0.481 e. The number of hydrogen-bond acceptors (Lipinski definition) is 4. The molecule has 1 heterocycles. The Morgan fingerprint density at radius 1 is 1.29 bits per heavy atom. The molecule has 0 bridgehead atoms. The number of carboxylic acids is 2. The summed E-state index contributed by atoms with van der Waals surface area (Å²) in [6.45, 7) is 0.374. The summed E-state index contributed by atoms with van der Waals surface area (Å²) in [5.41, 5.74) is 0.904. The average molecular weight is 238 g/mol. The number of nitrogens with zero attached hydrogens (tertiary/aromatic N) is 1. The minimum absolute atomic E-state index is 0.0652. The van der Waals surface area contributed by atoms with Gasteiger partial charge in [0.15, 0.2) is 0 Å². The molecule has 0 aliphatic carbocycles. The third-order valence-corrected chi connectivity index (χ3v) is 2.25. The summed E-state index contributed by atoms with van der Waals surface area (Å²) in [4.78, 5) is 25.1. The Balaban J connectivity index is 2.45. The molecule has 92 valence electrons. The summed E-state index contributed by atoms with van der Waals surface area (Å²) in [6.07, 6.45) is 3.13. The Kier molecular flexibility index (Phi) is 5.09. The van der Waals surface area contributed by atoms with Gasteiger partial charge in [0.05, 0.1) is 0 Å². The standard InChI is InChI=1S/C11H14N2O4/c14-10(15)2-1-9(11(16)17)13-7-8-3-5-12-6-4-8/h3-6,9,13H,1-2,7H2,(H,14,15)(H,16,17)/t9-/m0/s1. The quantitative estimate of drug-likeness (QED) is 0.639. The van der Waals surface area contributed by atoms with Crippen molar-refractivity contribution in [3.05, 3.63) is 30.1 Å². The monoisotopic (exact) mass is 238 g/mol. The van der Waals surface area contributed by atoms with Gasteiger partial charge >= 0.3 is 11.9 Å². The molecule has 3 N–H and O–H groups in total. The maximum absolute atomic E-state index is 10.9. The average Bonchev–Trinajstić information content (AvgIpc) is 2.29. The fraction of sp³-hybridized carbons (Fsp3) is 0.364. The van der Waals surface area contributed by atoms with Crippen molar-refractivity contribution in [1.82, 2.24) is 10.3 Å². The normalized spacial score (nSPS) is 12.0. The van der Waals surface area contributed by atoms with Gasteiger partial charge in [-0.2, -0.15) is 0 Å². The van der Waals surface area contributed by atoms with Crippen LogP contribution >= 0.6 is 0 Å². The molecule has 0 unspecified atom stereocenters. The molecule has 0 saturated carbocycles. The minimum atomic E-state index is -1.04. The zero-order chi connectivity index (χ0) is 12.7. The lowest BCUT2D eigenvalue weighted by Gasteiger charge is -2.13. The predicted molar refractivity (Wildman–Crippen MR) is 59.4 cm³/mol. The van der Waals surface area contributed by atoms with Crippen LogP contribution in [0.25, 0.3) is 0 Å². The molecule has 6 heteroatoms. The molecule has 1 aromatic heterocycles. The van der Waals surface area contributed by atoms with Crippen molar-refractivity contribution in [2.45, 2.75) is 25.4 Å². The van der Waals surface area contributed by atoms with Gasteiger partial charge in [-0.3, -0.25) is 14.6 Å². The molecule has 0 aromatic carbocycles. The molecule has 0 radical (unpaired) electrons. The fourth-order valence-corrected chi connectivity index (χ4v) is 1.32. The van der Waals surface area contributed by atoms with E-state index in [4.69, 9.17) is 10.2 Å². The molecule has 0 fully saturated rings. The molecule has 1 aromatic rings. The maximum Gasteiger partial charge on any atom is 0.320 e. The molecule has 1 atom stereocenters. The Bertz CT molecular complexity index is 380. The Hall–Kier alpha value is -1.95. The van der Waals surface area contributed by atoms with E-state index < -0.39 is 18.0 Å². The van der Waals surface area contributed by atoms with Crippen LogP contribution in [0.2, 0.25) is 0 Å². The van der Waals surface area contributed by atoms with Gasteiger partial charge in [0.25, 0.3) is 0 Å². The lowest BCUT2D eigenvalue weighted by Crippen LogP contribution is -2.36. The van der Waals surface area contributed by atoms with E-state index in [1.54, 1.807) is 24.5 Å². The summed E-state index contributed by atoms with van der Waals surface area (Å²) < 4.78 is 0. The van der Waals surface area contributed by atoms with Crippen LogP contribution < -0.4 is 5.32 Å². The number of aromatic nitrogens is 1. The zero-order valence-corrected chi connectivity index (χ0v) is 9.17. The first-order chi connectivity index (χ1) is 8.09. The number of pyridine rings is 1. The van der Waals surface area contributed by atoms with Crippen molar-refractivity contribution in [1.29, 1.82) is 0 Å². The van der Waals surface area contributed by atoms with Crippen LogP contribution in [0.1, 0.15) is 18.4 Å². The van der Waals surface area contributed by atoms with Gasteiger partial charge in [-0.1, -0.05) is 0 Å². The first kappa shape index (κ1) is 13.1. The van der Waals surface area contributed by atoms with Gasteiger partial charge in [-0.05, 0) is 24.1 Å². The summed E-state index contributed by atoms with van der Waals surface area (Å²) in [5.74, 6) is -2.04. The number of hydrogen-bond donors (Lipinski definition) is 3. The van der Waals surface area contributed by atoms with Crippen molar-refractivity contribution in [3.63, 3.8) is 0 Å². The third-order valence-electron chi connectivity index (χ3n) is 2.25. The molecule has 0 saturated heterocycles. The van der Waals surface area contributed by atoms with E-state index in [1.807, 2.05) is 0 Å². The van der Waals surface area contributed by atoms with Crippen molar-refractivity contribution in [2.75, 3.05) is 0 Å². The maximum atomic E-state index is 10.9. The lowest BCUT2D eigenvalue weighted by molar-refractivity contribution is -0.140. The second-order valence-corrected chi connectivity index (χ2v) is 3.56. The van der Waals surface area contributed by atoms with E-state index in [0.29, 0.717) is 6.54 Å². The van der Waals surface area contributed by atoms with Crippen LogP contribution in [0.5, 0.6) is 0 Å². The van der Waals surface area contributed by atoms with Gasteiger partial charge in [0, 0.05) is 25.4 Å². The predicted octanol–water partition coefficient (Wildman–Crippen LogP) is 0.489. The largest absolute Gasteiger partial charge is 0.481 e. The van der Waals surface area contributed by atoms with Gasteiger partial charge in [0.1, 0.15) is 6.04 Å². The van der Waals surface area contributed by atoms with Crippen LogP contribution in [0.4, 0.5) is 0 Å². The molecule has 17 heavy (non-hydrogen) atoms. The summed E-state index contributed by atoms with van der Waals surface area (Å²) in [6, 6.07) is 2.69. The number of carbonyl (C=O) groups is 2. The molecule has 0 aliphatic heterocycles. The number of rotatable bonds is 7. The first-order valence-corrected chi connectivity index (χ1v) is 5.16. The molecule has 0 spiro atoms. The van der Waals surface area contributed by atoms with E-state index in [1.165, 1.54) is 0 Å². The van der Waals surface area contributed by atoms with E-state index in [0.717, 1.165) is 5.56 Å². The Morgan fingerprint density at radius 2 is 1.94 bits per heavy atom. The molecule has 1 rings (SSSR count). The van der Waals surface area contributed by atoms with E-state index in [-0.39, 0.29) is 12.8 Å². The highest BCUT2D eigenvalue weighted by molar-refractivity contribution is 5.75.